The van der Waals surface area contributed by atoms with Crippen molar-refractivity contribution in [1.29, 1.82) is 0 Å². The summed E-state index contributed by atoms with van der Waals surface area (Å²) in [6.45, 7) is -0.352. The van der Waals surface area contributed by atoms with E-state index in [1.165, 1.54) is 22.8 Å². The van der Waals surface area contributed by atoms with E-state index in [2.05, 4.69) is 31.1 Å². The molecular formula is C26H20BrFN4O3. The number of nitrogens with one attached hydrogen (secondary N) is 1. The summed E-state index contributed by atoms with van der Waals surface area (Å²) in [5, 5.41) is 18.3. The molecule has 0 fully saturated rings. The van der Waals surface area contributed by atoms with Gasteiger partial charge >= 0.3 is 0 Å². The van der Waals surface area contributed by atoms with Gasteiger partial charge in [0.05, 0.1) is 25.3 Å². The monoisotopic (exact) mass is 534 g/mol. The SMILES string of the molecule is COc1ccc(-c2n[nH]c3ccc(-c4ccn(C(CO)c5cc(F)cc(Br)c5)c(=O)c4)cc23)cn1. The number of benzene rings is 2. The second-order valence-electron chi connectivity index (χ2n) is 7.98. The van der Waals surface area contributed by atoms with Crippen LogP contribution >= 0.6 is 15.9 Å². The fourth-order valence-electron chi connectivity index (χ4n) is 4.10. The van der Waals surface area contributed by atoms with E-state index in [1.807, 2.05) is 24.3 Å². The molecule has 0 aliphatic rings. The maximum absolute atomic E-state index is 13.9. The number of aromatic nitrogens is 4. The third-order valence-electron chi connectivity index (χ3n) is 5.84. The molecule has 0 saturated heterocycles. The molecule has 3 heterocycles. The molecule has 0 amide bonds. The minimum atomic E-state index is -0.714. The maximum Gasteiger partial charge on any atom is 0.251 e. The average molecular weight is 535 g/mol. The van der Waals surface area contributed by atoms with Crippen LogP contribution in [0.5, 0.6) is 5.88 Å². The van der Waals surface area contributed by atoms with Crippen molar-refractivity contribution >= 4 is 26.8 Å². The van der Waals surface area contributed by atoms with E-state index < -0.39 is 11.9 Å². The molecule has 5 aromatic rings. The Hall–Kier alpha value is -3.82. The minimum Gasteiger partial charge on any atom is -0.481 e. The summed E-state index contributed by atoms with van der Waals surface area (Å²) >= 11 is 3.26. The largest absolute Gasteiger partial charge is 0.481 e. The number of ether oxygens (including phenoxy) is 1. The van der Waals surface area contributed by atoms with Crippen LogP contribution in [0.4, 0.5) is 4.39 Å². The van der Waals surface area contributed by atoms with Crippen LogP contribution in [0.1, 0.15) is 11.6 Å². The number of rotatable bonds is 6. The van der Waals surface area contributed by atoms with Gasteiger partial charge in [0.2, 0.25) is 5.88 Å². The second kappa shape index (κ2) is 9.44. The van der Waals surface area contributed by atoms with Gasteiger partial charge in [-0.2, -0.15) is 5.10 Å². The fourth-order valence-corrected chi connectivity index (χ4v) is 4.59. The second-order valence-corrected chi connectivity index (χ2v) is 8.90. The lowest BCUT2D eigenvalue weighted by molar-refractivity contribution is 0.246. The van der Waals surface area contributed by atoms with Crippen LogP contribution in [0.25, 0.3) is 33.3 Å². The van der Waals surface area contributed by atoms with E-state index in [1.54, 1.807) is 37.7 Å². The molecule has 5 rings (SSSR count). The summed E-state index contributed by atoms with van der Waals surface area (Å²) in [5.74, 6) is 0.0652. The van der Waals surface area contributed by atoms with Gasteiger partial charge in [-0.05, 0) is 59.2 Å². The number of nitrogens with zero attached hydrogens (tertiary/aromatic N) is 3. The number of halogens is 2. The molecule has 176 valence electrons. The first-order valence-electron chi connectivity index (χ1n) is 10.7. The molecule has 9 heteroatoms. The Morgan fingerprint density at radius 3 is 2.57 bits per heavy atom. The summed E-state index contributed by atoms with van der Waals surface area (Å²) in [6, 6.07) is 16.4. The zero-order valence-electron chi connectivity index (χ0n) is 18.6. The molecule has 1 unspecified atom stereocenters. The first-order chi connectivity index (χ1) is 17.0. The Morgan fingerprint density at radius 1 is 1.09 bits per heavy atom. The predicted octanol–water partition coefficient (Wildman–Crippen LogP) is 4.95. The first kappa shape index (κ1) is 22.9. The van der Waals surface area contributed by atoms with Crippen molar-refractivity contribution in [2.45, 2.75) is 6.04 Å². The Balaban J connectivity index is 1.52. The predicted molar refractivity (Wildman–Crippen MR) is 135 cm³/mol. The number of aliphatic hydroxyl groups excluding tert-OH is 1. The van der Waals surface area contributed by atoms with Crippen LogP contribution in [0, 0.1) is 5.82 Å². The summed E-state index contributed by atoms with van der Waals surface area (Å²) < 4.78 is 21.0. The highest BCUT2D eigenvalue weighted by Crippen LogP contribution is 2.31. The molecule has 1 atom stereocenters. The smallest absolute Gasteiger partial charge is 0.251 e. The molecule has 0 spiro atoms. The van der Waals surface area contributed by atoms with Gasteiger partial charge in [-0.1, -0.05) is 22.0 Å². The van der Waals surface area contributed by atoms with Crippen molar-refractivity contribution in [3.05, 3.63) is 99.3 Å². The Kier molecular flexibility index (Phi) is 6.19. The van der Waals surface area contributed by atoms with Crippen LogP contribution in [-0.2, 0) is 0 Å². The van der Waals surface area contributed by atoms with Gasteiger partial charge in [-0.15, -0.1) is 0 Å². The van der Waals surface area contributed by atoms with E-state index >= 15 is 0 Å². The Morgan fingerprint density at radius 2 is 1.89 bits per heavy atom. The van der Waals surface area contributed by atoms with Crippen molar-refractivity contribution < 1.29 is 14.2 Å². The van der Waals surface area contributed by atoms with Gasteiger partial charge in [0, 0.05) is 39.9 Å². The fraction of sp³-hybridized carbons (Fsp3) is 0.115. The van der Waals surface area contributed by atoms with E-state index in [-0.39, 0.29) is 12.2 Å². The number of aliphatic hydroxyl groups is 1. The van der Waals surface area contributed by atoms with Gasteiger partial charge in [-0.25, -0.2) is 9.37 Å². The number of hydrogen-bond donors (Lipinski definition) is 2. The quantitative estimate of drug-likeness (QED) is 0.321. The highest BCUT2D eigenvalue weighted by molar-refractivity contribution is 9.10. The maximum atomic E-state index is 13.9. The molecular weight excluding hydrogens is 515 g/mol. The average Bonchev–Trinajstić information content (AvgIpc) is 3.28. The highest BCUT2D eigenvalue weighted by Gasteiger charge is 2.17. The topological polar surface area (TPSA) is 93.0 Å². The van der Waals surface area contributed by atoms with Crippen molar-refractivity contribution in [1.82, 2.24) is 19.7 Å². The van der Waals surface area contributed by atoms with Crippen molar-refractivity contribution in [3.8, 4) is 28.3 Å². The van der Waals surface area contributed by atoms with Gasteiger partial charge in [-0.3, -0.25) is 9.89 Å². The Bertz CT molecular complexity index is 1560. The van der Waals surface area contributed by atoms with E-state index in [4.69, 9.17) is 4.74 Å². The van der Waals surface area contributed by atoms with Crippen LogP contribution in [0.15, 0.2) is 82.3 Å². The van der Waals surface area contributed by atoms with Crippen LogP contribution in [0.3, 0.4) is 0 Å². The van der Waals surface area contributed by atoms with Crippen molar-refractivity contribution in [2.75, 3.05) is 13.7 Å². The number of H-pyrrole nitrogens is 1. The summed E-state index contributed by atoms with van der Waals surface area (Å²) in [5.41, 5.74) is 4.15. The van der Waals surface area contributed by atoms with E-state index in [9.17, 15) is 14.3 Å². The minimum absolute atomic E-state index is 0.311. The third-order valence-corrected chi connectivity index (χ3v) is 6.30. The first-order valence-corrected chi connectivity index (χ1v) is 11.5. The van der Waals surface area contributed by atoms with Crippen molar-refractivity contribution in [3.63, 3.8) is 0 Å². The molecule has 3 aromatic heterocycles. The number of hydrogen-bond acceptors (Lipinski definition) is 5. The van der Waals surface area contributed by atoms with Crippen molar-refractivity contribution in [2.24, 2.45) is 0 Å². The lowest BCUT2D eigenvalue weighted by atomic mass is 10.0. The molecule has 7 nitrogen and oxygen atoms in total. The number of methoxy groups -OCH3 is 1. The van der Waals surface area contributed by atoms with Gasteiger partial charge in [0.25, 0.3) is 5.56 Å². The van der Waals surface area contributed by atoms with Crippen LogP contribution in [-0.4, -0.2) is 38.6 Å². The van der Waals surface area contributed by atoms with Gasteiger partial charge in [0.15, 0.2) is 0 Å². The molecule has 0 radical (unpaired) electrons. The van der Waals surface area contributed by atoms with Crippen LogP contribution < -0.4 is 10.3 Å². The number of pyridine rings is 2. The molecule has 0 aliphatic heterocycles. The van der Waals surface area contributed by atoms with Crippen LogP contribution in [0.2, 0.25) is 0 Å². The Labute approximate surface area is 208 Å². The number of fused-ring (bicyclic) bond motifs is 1. The summed E-state index contributed by atoms with van der Waals surface area (Å²) in [4.78, 5) is 17.3. The molecule has 0 bridgehead atoms. The standard InChI is InChI=1S/C26H20BrFN4O3/c1-35-24-5-3-17(13-29-24)26-21-10-15(2-4-22(21)30-31-26)16-6-7-32(25(34)11-16)23(14-33)18-8-19(27)12-20(28)9-18/h2-13,23,33H,14H2,1H3,(H,30,31). The summed E-state index contributed by atoms with van der Waals surface area (Å²) in [6.07, 6.45) is 3.31. The third kappa shape index (κ3) is 4.48. The van der Waals surface area contributed by atoms with Gasteiger partial charge < -0.3 is 14.4 Å². The molecule has 0 saturated carbocycles. The lowest BCUT2D eigenvalue weighted by Crippen LogP contribution is -2.27. The molecule has 2 N–H and O–H groups in total. The lowest BCUT2D eigenvalue weighted by Gasteiger charge is -2.19. The highest BCUT2D eigenvalue weighted by atomic mass is 79.9. The van der Waals surface area contributed by atoms with E-state index in [0.717, 1.165) is 27.7 Å². The normalized spacial score (nSPS) is 12.1. The molecule has 2 aromatic carbocycles. The zero-order valence-corrected chi connectivity index (χ0v) is 20.2. The summed E-state index contributed by atoms with van der Waals surface area (Å²) in [7, 11) is 1.56. The molecule has 0 aliphatic carbocycles. The molecule has 35 heavy (non-hydrogen) atoms. The zero-order chi connectivity index (χ0) is 24.5. The van der Waals surface area contributed by atoms with E-state index in [0.29, 0.717) is 21.5 Å². The number of aromatic amines is 1. The van der Waals surface area contributed by atoms with Gasteiger partial charge in [0.1, 0.15) is 11.5 Å².